The maximum absolute atomic E-state index is 10.3. The highest BCUT2D eigenvalue weighted by molar-refractivity contribution is 14.1. The van der Waals surface area contributed by atoms with Crippen LogP contribution in [0.2, 0.25) is 0 Å². The monoisotopic (exact) mass is 230 g/mol. The van der Waals surface area contributed by atoms with Crippen LogP contribution in [0.4, 0.5) is 17.6 Å². The Morgan fingerprint density at radius 3 is 1.29 bits per heavy atom. The Morgan fingerprint density at radius 2 is 1.29 bits per heavy atom. The predicted molar refractivity (Wildman–Crippen MR) is 27.1 cm³/mol. The zero-order valence-corrected chi connectivity index (χ0v) is 5.33. The summed E-state index contributed by atoms with van der Waals surface area (Å²) in [6.07, 6.45) is 0. The Bertz CT molecular complexity index is 20.9. The van der Waals surface area contributed by atoms with Crippen molar-refractivity contribution in [2.45, 2.75) is 4.43 Å². The summed E-state index contributed by atoms with van der Waals surface area (Å²) >= 11 is 1.01. The van der Waals surface area contributed by atoms with Gasteiger partial charge in [-0.15, -0.1) is 0 Å². The lowest BCUT2D eigenvalue weighted by Gasteiger charge is -1.67. The van der Waals surface area contributed by atoms with Gasteiger partial charge in [0.1, 0.15) is 0 Å². The van der Waals surface area contributed by atoms with E-state index in [0.717, 1.165) is 22.6 Å². The van der Waals surface area contributed by atoms with Crippen molar-refractivity contribution in [3.8, 4) is 0 Å². The largest absolute Gasteiger partial charge is 0.287 e. The molecule has 0 radical (unpaired) electrons. The molecule has 0 aliphatic carbocycles. The highest BCUT2D eigenvalue weighted by Crippen LogP contribution is 1.99. The fraction of sp³-hybridized carbons (Fsp3) is 1.00. The molecule has 0 saturated heterocycles. The van der Waals surface area contributed by atoms with E-state index in [-0.39, 0.29) is 0 Å². The lowest BCUT2D eigenvalue weighted by molar-refractivity contribution is 0.271. The Balaban J connectivity index is 0. The summed E-state index contributed by atoms with van der Waals surface area (Å²) in [5.74, 6) is 0. The molecule has 0 nitrogen and oxygen atoms in total. The normalized spacial score (nSPS) is 7.71. The highest BCUT2D eigenvalue weighted by Gasteiger charge is 1.82. The van der Waals surface area contributed by atoms with Gasteiger partial charge in [-0.2, -0.15) is 8.78 Å². The fourth-order valence-electron chi connectivity index (χ4n) is 0. The minimum atomic E-state index is -2.20. The number of halogens is 5. The van der Waals surface area contributed by atoms with E-state index in [1.807, 2.05) is 0 Å². The minimum Gasteiger partial charge on any atom is -0.214 e. The van der Waals surface area contributed by atoms with Crippen LogP contribution in [-0.2, 0) is 0 Å². The van der Waals surface area contributed by atoms with Crippen LogP contribution < -0.4 is 0 Å². The first-order valence-electron chi connectivity index (χ1n) is 1.19. The smallest absolute Gasteiger partial charge is 0.214 e. The molecule has 0 aromatic carbocycles. The molecule has 5 heteroatoms. The standard InChI is InChI=1S/CHF2I.CH2F2/c2-1(3)4;2-1-3/h1H;1H2. The van der Waals surface area contributed by atoms with Crippen LogP contribution in [-0.4, -0.2) is 11.4 Å². The molecule has 0 heterocycles. The molecule has 7 heavy (non-hydrogen) atoms. The van der Waals surface area contributed by atoms with E-state index in [9.17, 15) is 17.6 Å². The molecule has 0 rings (SSSR count). The molecule has 0 atom stereocenters. The number of hydrogen-bond acceptors (Lipinski definition) is 0. The van der Waals surface area contributed by atoms with Gasteiger partial charge >= 0.3 is 0 Å². The first kappa shape index (κ1) is 10.4. The van der Waals surface area contributed by atoms with Crippen molar-refractivity contribution in [2.75, 3.05) is 6.93 Å². The zero-order valence-electron chi connectivity index (χ0n) is 3.17. The molecule has 0 N–H and O–H groups in total. The van der Waals surface area contributed by atoms with Crippen molar-refractivity contribution in [2.24, 2.45) is 0 Å². The lowest BCUT2D eigenvalue weighted by atomic mass is 11.7. The van der Waals surface area contributed by atoms with Crippen LogP contribution >= 0.6 is 22.6 Å². The molecule has 0 amide bonds. The van der Waals surface area contributed by atoms with Crippen LogP contribution in [0.3, 0.4) is 0 Å². The number of rotatable bonds is 0. The zero-order chi connectivity index (χ0) is 6.28. The van der Waals surface area contributed by atoms with Crippen LogP contribution in [0, 0.1) is 0 Å². The lowest BCUT2D eigenvalue weighted by Crippen LogP contribution is -1.60. The summed E-state index contributed by atoms with van der Waals surface area (Å²) in [5, 5.41) is 0. The van der Waals surface area contributed by atoms with Gasteiger partial charge in [-0.05, 0) is 22.6 Å². The van der Waals surface area contributed by atoms with Crippen molar-refractivity contribution >= 4 is 22.6 Å². The Kier molecular flexibility index (Phi) is 14.4. The van der Waals surface area contributed by atoms with E-state index in [0.29, 0.717) is 0 Å². The second-order valence-electron chi connectivity index (χ2n) is 0.348. The van der Waals surface area contributed by atoms with Crippen molar-refractivity contribution < 1.29 is 17.6 Å². The summed E-state index contributed by atoms with van der Waals surface area (Å²) in [6.45, 7) is -1.75. The van der Waals surface area contributed by atoms with Gasteiger partial charge < -0.3 is 0 Å². The van der Waals surface area contributed by atoms with Crippen LogP contribution in [0.1, 0.15) is 0 Å². The first-order valence-corrected chi connectivity index (χ1v) is 2.43. The van der Waals surface area contributed by atoms with Crippen LogP contribution in [0.25, 0.3) is 0 Å². The van der Waals surface area contributed by atoms with Crippen LogP contribution in [0.5, 0.6) is 0 Å². The molecule has 0 aromatic rings. The van der Waals surface area contributed by atoms with Crippen molar-refractivity contribution in [1.82, 2.24) is 0 Å². The highest BCUT2D eigenvalue weighted by atomic mass is 127. The van der Waals surface area contributed by atoms with Gasteiger partial charge in [0, 0.05) is 0 Å². The summed E-state index contributed by atoms with van der Waals surface area (Å²) in [4.78, 5) is 0. The summed E-state index contributed by atoms with van der Waals surface area (Å²) < 4.78 is 37.7. The molecule has 0 saturated carbocycles. The maximum atomic E-state index is 10.3. The molecule has 0 aliphatic rings. The summed E-state index contributed by atoms with van der Waals surface area (Å²) in [7, 11) is 0. The van der Waals surface area contributed by atoms with E-state index >= 15 is 0 Å². The summed E-state index contributed by atoms with van der Waals surface area (Å²) in [5.41, 5.74) is 0. The third-order valence-corrected chi connectivity index (χ3v) is 0. The quantitative estimate of drug-likeness (QED) is 0.340. The predicted octanol–water partition coefficient (Wildman–Crippen LogP) is 2.53. The Hall–Kier alpha value is 0.450. The van der Waals surface area contributed by atoms with E-state index < -0.39 is 11.4 Å². The molecule has 0 unspecified atom stereocenters. The van der Waals surface area contributed by atoms with Gasteiger partial charge in [0.15, 0.2) is 0 Å². The van der Waals surface area contributed by atoms with Crippen LogP contribution in [0.15, 0.2) is 0 Å². The van der Waals surface area contributed by atoms with Gasteiger partial charge in [-0.1, -0.05) is 0 Å². The summed E-state index contributed by atoms with van der Waals surface area (Å²) in [6, 6.07) is 0. The maximum Gasteiger partial charge on any atom is 0.287 e. The Labute approximate surface area is 52.0 Å². The van der Waals surface area contributed by atoms with E-state index in [2.05, 4.69) is 0 Å². The van der Waals surface area contributed by atoms with Gasteiger partial charge in [-0.3, -0.25) is 0 Å². The molecule has 0 fully saturated rings. The van der Waals surface area contributed by atoms with Gasteiger partial charge in [0.2, 0.25) is 6.93 Å². The molecule has 0 bridgehead atoms. The molecule has 0 aromatic heterocycles. The van der Waals surface area contributed by atoms with Gasteiger partial charge in [-0.25, -0.2) is 8.78 Å². The van der Waals surface area contributed by atoms with Gasteiger partial charge in [0.25, 0.3) is 4.43 Å². The Morgan fingerprint density at radius 1 is 1.29 bits per heavy atom. The average Bonchev–Trinajstić information content (AvgIpc) is 1.33. The molecule has 46 valence electrons. The third kappa shape index (κ3) is 631. The number of hydrogen-bond donors (Lipinski definition) is 0. The van der Waals surface area contributed by atoms with E-state index in [1.165, 1.54) is 0 Å². The topological polar surface area (TPSA) is 0 Å². The van der Waals surface area contributed by atoms with Crippen molar-refractivity contribution in [3.63, 3.8) is 0 Å². The SMILES string of the molecule is FC(F)I.FCF. The second-order valence-corrected chi connectivity index (χ2v) is 1.29. The van der Waals surface area contributed by atoms with E-state index in [4.69, 9.17) is 0 Å². The molecular formula is C2H3F4I. The van der Waals surface area contributed by atoms with E-state index in [1.54, 1.807) is 0 Å². The minimum absolute atomic E-state index is 1.01. The molecule has 0 aliphatic heterocycles. The first-order chi connectivity index (χ1) is 3.15. The second kappa shape index (κ2) is 9.67. The fourth-order valence-corrected chi connectivity index (χ4v) is 0. The third-order valence-electron chi connectivity index (χ3n) is 0. The molecular weight excluding hydrogens is 227 g/mol. The van der Waals surface area contributed by atoms with Crippen molar-refractivity contribution in [1.29, 1.82) is 0 Å². The molecule has 0 spiro atoms. The average molecular weight is 230 g/mol. The number of alkyl halides is 5. The van der Waals surface area contributed by atoms with Gasteiger partial charge in [0.05, 0.1) is 0 Å². The van der Waals surface area contributed by atoms with Crippen molar-refractivity contribution in [3.05, 3.63) is 0 Å².